The molecule has 0 unspecified atom stereocenters. The van der Waals surface area contributed by atoms with Crippen molar-refractivity contribution in [1.29, 1.82) is 0 Å². The quantitative estimate of drug-likeness (QED) is 0.861. The minimum Gasteiger partial charge on any atom is -0.345 e. The van der Waals surface area contributed by atoms with E-state index in [1.54, 1.807) is 6.92 Å². The van der Waals surface area contributed by atoms with E-state index in [-0.39, 0.29) is 5.91 Å². The molecule has 1 aromatic rings. The van der Waals surface area contributed by atoms with Crippen LogP contribution in [0, 0.1) is 24.7 Å². The molecule has 0 aromatic heterocycles. The van der Waals surface area contributed by atoms with Crippen molar-refractivity contribution in [3.8, 4) is 11.8 Å². The van der Waals surface area contributed by atoms with Crippen molar-refractivity contribution in [2.75, 3.05) is 19.6 Å². The van der Waals surface area contributed by atoms with E-state index in [1.807, 2.05) is 0 Å². The van der Waals surface area contributed by atoms with Crippen molar-refractivity contribution < 1.29 is 4.79 Å². The van der Waals surface area contributed by atoms with Crippen LogP contribution < -0.4 is 5.32 Å². The van der Waals surface area contributed by atoms with Crippen molar-refractivity contribution in [3.05, 3.63) is 35.4 Å². The topological polar surface area (TPSA) is 32.3 Å². The third-order valence-corrected chi connectivity index (χ3v) is 4.02. The van der Waals surface area contributed by atoms with Gasteiger partial charge in [-0.1, -0.05) is 35.7 Å². The van der Waals surface area contributed by atoms with Crippen LogP contribution in [0.1, 0.15) is 30.9 Å². The van der Waals surface area contributed by atoms with E-state index in [9.17, 15) is 4.79 Å². The van der Waals surface area contributed by atoms with E-state index in [0.29, 0.717) is 5.92 Å². The summed E-state index contributed by atoms with van der Waals surface area (Å²) in [5, 5.41) is 2.89. The Morgan fingerprint density at radius 3 is 2.57 bits per heavy atom. The summed E-state index contributed by atoms with van der Waals surface area (Å²) in [6, 6.07) is 8.77. The molecule has 0 aliphatic carbocycles. The Balaban J connectivity index is 1.71. The molecule has 1 aromatic carbocycles. The smallest absolute Gasteiger partial charge is 0.295 e. The van der Waals surface area contributed by atoms with Gasteiger partial charge in [-0.25, -0.2) is 0 Å². The Labute approximate surface area is 127 Å². The van der Waals surface area contributed by atoms with Gasteiger partial charge >= 0.3 is 0 Å². The first-order valence-electron chi connectivity index (χ1n) is 7.66. The number of nitrogens with one attached hydrogen (secondary N) is 1. The maximum Gasteiger partial charge on any atom is 0.295 e. The van der Waals surface area contributed by atoms with Gasteiger partial charge < -0.3 is 5.32 Å². The molecule has 21 heavy (non-hydrogen) atoms. The number of hydrogen-bond acceptors (Lipinski definition) is 2. The lowest BCUT2D eigenvalue weighted by Crippen LogP contribution is -2.38. The zero-order chi connectivity index (χ0) is 15.1. The normalized spacial score (nSPS) is 16.1. The molecule has 1 N–H and O–H groups in total. The molecular formula is C18H24N2O. The van der Waals surface area contributed by atoms with E-state index in [4.69, 9.17) is 0 Å². The molecule has 1 aliphatic heterocycles. The lowest BCUT2D eigenvalue weighted by Gasteiger charge is -2.31. The van der Waals surface area contributed by atoms with E-state index in [2.05, 4.69) is 53.2 Å². The van der Waals surface area contributed by atoms with Crippen molar-refractivity contribution in [1.82, 2.24) is 10.2 Å². The van der Waals surface area contributed by atoms with Crippen molar-refractivity contribution in [2.24, 2.45) is 5.92 Å². The molecule has 3 nitrogen and oxygen atoms in total. The summed E-state index contributed by atoms with van der Waals surface area (Å²) in [6.07, 6.45) is 2.29. The van der Waals surface area contributed by atoms with Crippen LogP contribution in [-0.2, 0) is 11.3 Å². The molecule has 0 radical (unpaired) electrons. The van der Waals surface area contributed by atoms with Gasteiger partial charge in [0.15, 0.2) is 0 Å². The average Bonchev–Trinajstić information content (AvgIpc) is 2.49. The number of carbonyl (C=O) groups excluding carboxylic acids is 1. The molecule has 3 heteroatoms. The second kappa shape index (κ2) is 7.85. The van der Waals surface area contributed by atoms with Gasteiger partial charge in [-0.3, -0.25) is 9.69 Å². The highest BCUT2D eigenvalue weighted by molar-refractivity contribution is 5.93. The van der Waals surface area contributed by atoms with Crippen LogP contribution in [0.5, 0.6) is 0 Å². The van der Waals surface area contributed by atoms with Crippen LogP contribution in [0.3, 0.4) is 0 Å². The number of benzene rings is 1. The Morgan fingerprint density at radius 1 is 1.29 bits per heavy atom. The Kier molecular flexibility index (Phi) is 5.83. The Morgan fingerprint density at radius 2 is 1.95 bits per heavy atom. The SMILES string of the molecule is CC#CC(=O)NCC1CCN(Cc2ccc(C)cc2)CC1. The van der Waals surface area contributed by atoms with Crippen LogP contribution in [-0.4, -0.2) is 30.4 Å². The molecule has 1 heterocycles. The Bertz CT molecular complexity index is 516. The van der Waals surface area contributed by atoms with Crippen LogP contribution in [0.15, 0.2) is 24.3 Å². The van der Waals surface area contributed by atoms with E-state index in [1.165, 1.54) is 11.1 Å². The fourth-order valence-corrected chi connectivity index (χ4v) is 2.70. The second-order valence-corrected chi connectivity index (χ2v) is 5.79. The first kappa shape index (κ1) is 15.6. The maximum atomic E-state index is 11.3. The summed E-state index contributed by atoms with van der Waals surface area (Å²) in [7, 11) is 0. The van der Waals surface area contributed by atoms with Crippen molar-refractivity contribution in [2.45, 2.75) is 33.2 Å². The zero-order valence-corrected chi connectivity index (χ0v) is 13.0. The first-order valence-corrected chi connectivity index (χ1v) is 7.66. The number of piperidine rings is 1. The number of likely N-dealkylation sites (tertiary alicyclic amines) is 1. The summed E-state index contributed by atoms with van der Waals surface area (Å²) in [5.41, 5.74) is 2.69. The summed E-state index contributed by atoms with van der Waals surface area (Å²) >= 11 is 0. The molecule has 112 valence electrons. The summed E-state index contributed by atoms with van der Waals surface area (Å²) in [6.45, 7) is 7.80. The highest BCUT2D eigenvalue weighted by atomic mass is 16.1. The second-order valence-electron chi connectivity index (χ2n) is 5.79. The summed E-state index contributed by atoms with van der Waals surface area (Å²) in [5.74, 6) is 5.58. The predicted octanol–water partition coefficient (Wildman–Crippen LogP) is 2.35. The van der Waals surface area contributed by atoms with Gasteiger partial charge in [-0.2, -0.15) is 0 Å². The van der Waals surface area contributed by atoms with E-state index >= 15 is 0 Å². The highest BCUT2D eigenvalue weighted by Gasteiger charge is 2.19. The number of carbonyl (C=O) groups is 1. The van der Waals surface area contributed by atoms with Gasteiger partial charge in [0.1, 0.15) is 0 Å². The van der Waals surface area contributed by atoms with Gasteiger partial charge in [0.05, 0.1) is 0 Å². The first-order chi connectivity index (χ1) is 10.2. The lowest BCUT2D eigenvalue weighted by atomic mass is 9.96. The third kappa shape index (κ3) is 5.24. The molecule has 1 saturated heterocycles. The molecule has 1 fully saturated rings. The van der Waals surface area contributed by atoms with Crippen LogP contribution >= 0.6 is 0 Å². The Hall–Kier alpha value is -1.79. The average molecular weight is 284 g/mol. The molecular weight excluding hydrogens is 260 g/mol. The number of hydrogen-bond donors (Lipinski definition) is 1. The number of aryl methyl sites for hydroxylation is 1. The lowest BCUT2D eigenvalue weighted by molar-refractivity contribution is -0.115. The molecule has 0 saturated carbocycles. The maximum absolute atomic E-state index is 11.3. The van der Waals surface area contributed by atoms with Crippen molar-refractivity contribution >= 4 is 5.91 Å². The van der Waals surface area contributed by atoms with E-state index in [0.717, 1.165) is 39.0 Å². The molecule has 0 atom stereocenters. The fourth-order valence-electron chi connectivity index (χ4n) is 2.70. The molecule has 0 spiro atoms. The van der Waals surface area contributed by atoms with Gasteiger partial charge in [0.25, 0.3) is 5.91 Å². The minimum absolute atomic E-state index is 0.153. The largest absolute Gasteiger partial charge is 0.345 e. The van der Waals surface area contributed by atoms with Crippen LogP contribution in [0.2, 0.25) is 0 Å². The standard InChI is InChI=1S/C18H24N2O/c1-3-4-18(21)19-13-16-9-11-20(12-10-16)14-17-7-5-15(2)6-8-17/h5-8,16H,9-14H2,1-2H3,(H,19,21). The predicted molar refractivity (Wildman–Crippen MR) is 85.6 cm³/mol. The summed E-state index contributed by atoms with van der Waals surface area (Å²) < 4.78 is 0. The van der Waals surface area contributed by atoms with Crippen LogP contribution in [0.4, 0.5) is 0 Å². The molecule has 0 bridgehead atoms. The number of rotatable bonds is 4. The molecule has 2 rings (SSSR count). The van der Waals surface area contributed by atoms with Gasteiger partial charge in [0.2, 0.25) is 0 Å². The fraction of sp³-hybridized carbons (Fsp3) is 0.500. The van der Waals surface area contributed by atoms with Gasteiger partial charge in [-0.15, -0.1) is 0 Å². The molecule has 1 aliphatic rings. The monoisotopic (exact) mass is 284 g/mol. The zero-order valence-electron chi connectivity index (χ0n) is 13.0. The van der Waals surface area contributed by atoms with Gasteiger partial charge in [-0.05, 0) is 57.2 Å². The summed E-state index contributed by atoms with van der Waals surface area (Å²) in [4.78, 5) is 13.8. The third-order valence-electron chi connectivity index (χ3n) is 4.02. The van der Waals surface area contributed by atoms with Crippen molar-refractivity contribution in [3.63, 3.8) is 0 Å². The van der Waals surface area contributed by atoms with E-state index < -0.39 is 0 Å². The van der Waals surface area contributed by atoms with Crippen LogP contribution in [0.25, 0.3) is 0 Å². The highest BCUT2D eigenvalue weighted by Crippen LogP contribution is 2.18. The number of amides is 1. The minimum atomic E-state index is -0.153. The number of nitrogens with zero attached hydrogens (tertiary/aromatic N) is 1. The van der Waals surface area contributed by atoms with Gasteiger partial charge in [0, 0.05) is 13.1 Å². The molecule has 1 amide bonds.